The molecule has 0 saturated carbocycles. The number of nitrogens with zero attached hydrogens (tertiary/aromatic N) is 1. The lowest BCUT2D eigenvalue weighted by Gasteiger charge is -2.21. The highest BCUT2D eigenvalue weighted by Crippen LogP contribution is 2.36. The van der Waals surface area contributed by atoms with Crippen LogP contribution in [0, 0.1) is 11.3 Å². The third-order valence-electron chi connectivity index (χ3n) is 2.56. The molecule has 1 aliphatic carbocycles. The van der Waals surface area contributed by atoms with Gasteiger partial charge in [-0.1, -0.05) is 41.9 Å². The van der Waals surface area contributed by atoms with Crippen molar-refractivity contribution in [3.05, 3.63) is 53.8 Å². The standard InChI is InChI=1S/C13H10ClNO/c14-13(9-15)7-6-12(16)11(8-13)10-4-2-1-3-5-10/h1-7,16H,8H2. The minimum atomic E-state index is -1.04. The molecule has 0 aliphatic heterocycles. The number of nitriles is 1. The van der Waals surface area contributed by atoms with Gasteiger partial charge in [0.15, 0.2) is 4.87 Å². The van der Waals surface area contributed by atoms with E-state index in [1.807, 2.05) is 36.4 Å². The van der Waals surface area contributed by atoms with E-state index < -0.39 is 4.87 Å². The van der Waals surface area contributed by atoms with E-state index in [4.69, 9.17) is 16.9 Å². The molecule has 1 aromatic carbocycles. The number of benzene rings is 1. The van der Waals surface area contributed by atoms with Crippen LogP contribution in [-0.2, 0) is 0 Å². The Morgan fingerprint density at radius 2 is 2.00 bits per heavy atom. The van der Waals surface area contributed by atoms with Gasteiger partial charge in [-0.3, -0.25) is 0 Å². The Morgan fingerprint density at radius 3 is 2.62 bits per heavy atom. The number of aliphatic hydroxyl groups excluding tert-OH is 1. The first kappa shape index (κ1) is 10.8. The summed E-state index contributed by atoms with van der Waals surface area (Å²) >= 11 is 6.08. The number of alkyl halides is 1. The second-order valence-corrected chi connectivity index (χ2v) is 4.39. The van der Waals surface area contributed by atoms with E-state index in [0.29, 0.717) is 12.0 Å². The Bertz CT molecular complexity index is 498. The van der Waals surface area contributed by atoms with Crippen molar-refractivity contribution >= 4 is 17.2 Å². The summed E-state index contributed by atoms with van der Waals surface area (Å²) in [7, 11) is 0. The average Bonchev–Trinajstić information content (AvgIpc) is 2.34. The van der Waals surface area contributed by atoms with Gasteiger partial charge in [0, 0.05) is 12.0 Å². The molecule has 2 rings (SSSR count). The van der Waals surface area contributed by atoms with Crippen LogP contribution in [0.1, 0.15) is 12.0 Å². The Morgan fingerprint density at radius 1 is 1.31 bits per heavy atom. The van der Waals surface area contributed by atoms with E-state index in [-0.39, 0.29) is 5.76 Å². The molecule has 3 heteroatoms. The van der Waals surface area contributed by atoms with Crippen LogP contribution in [0.25, 0.3) is 5.57 Å². The highest BCUT2D eigenvalue weighted by Gasteiger charge is 2.30. The van der Waals surface area contributed by atoms with Gasteiger partial charge in [-0.15, -0.1) is 0 Å². The molecular weight excluding hydrogens is 222 g/mol. The molecule has 0 fully saturated rings. The maximum Gasteiger partial charge on any atom is 0.153 e. The van der Waals surface area contributed by atoms with Gasteiger partial charge < -0.3 is 5.11 Å². The maximum absolute atomic E-state index is 9.77. The molecule has 1 N–H and O–H groups in total. The Labute approximate surface area is 99.1 Å². The molecule has 0 bridgehead atoms. The van der Waals surface area contributed by atoms with Crippen LogP contribution in [0.4, 0.5) is 0 Å². The summed E-state index contributed by atoms with van der Waals surface area (Å²) in [6, 6.07) is 11.5. The van der Waals surface area contributed by atoms with Gasteiger partial charge in [0.25, 0.3) is 0 Å². The lowest BCUT2D eigenvalue weighted by atomic mass is 9.89. The zero-order valence-corrected chi connectivity index (χ0v) is 9.28. The maximum atomic E-state index is 9.77. The SMILES string of the molecule is N#CC1(Cl)C=CC(O)=C(c2ccccc2)C1. The molecule has 1 aromatic rings. The van der Waals surface area contributed by atoms with Crippen molar-refractivity contribution in [3.8, 4) is 6.07 Å². The van der Waals surface area contributed by atoms with Crippen molar-refractivity contribution in [1.29, 1.82) is 5.26 Å². The highest BCUT2D eigenvalue weighted by molar-refractivity contribution is 6.28. The first-order chi connectivity index (χ1) is 7.64. The fourth-order valence-electron chi connectivity index (χ4n) is 1.68. The molecule has 0 aromatic heterocycles. The molecule has 1 atom stereocenters. The normalized spacial score (nSPS) is 24.2. The number of hydrogen-bond donors (Lipinski definition) is 1. The van der Waals surface area contributed by atoms with Crippen LogP contribution >= 0.6 is 11.6 Å². The van der Waals surface area contributed by atoms with Crippen molar-refractivity contribution in [1.82, 2.24) is 0 Å². The molecule has 0 spiro atoms. The van der Waals surface area contributed by atoms with Crippen LogP contribution in [-0.4, -0.2) is 9.98 Å². The average molecular weight is 232 g/mol. The molecule has 0 radical (unpaired) electrons. The van der Waals surface area contributed by atoms with Crippen LogP contribution in [0.15, 0.2) is 48.2 Å². The van der Waals surface area contributed by atoms with Crippen molar-refractivity contribution in [3.63, 3.8) is 0 Å². The first-order valence-electron chi connectivity index (χ1n) is 4.91. The monoisotopic (exact) mass is 231 g/mol. The lowest BCUT2D eigenvalue weighted by molar-refractivity contribution is 0.430. The Balaban J connectivity index is 2.43. The summed E-state index contributed by atoms with van der Waals surface area (Å²) in [5.74, 6) is 0.178. The van der Waals surface area contributed by atoms with Gasteiger partial charge in [-0.2, -0.15) is 5.26 Å². The molecule has 16 heavy (non-hydrogen) atoms. The number of hydrogen-bond acceptors (Lipinski definition) is 2. The van der Waals surface area contributed by atoms with Crippen molar-refractivity contribution < 1.29 is 5.11 Å². The van der Waals surface area contributed by atoms with E-state index in [9.17, 15) is 5.11 Å². The van der Waals surface area contributed by atoms with Crippen molar-refractivity contribution in [2.24, 2.45) is 0 Å². The largest absolute Gasteiger partial charge is 0.508 e. The Hall–Kier alpha value is -1.72. The molecule has 0 heterocycles. The first-order valence-corrected chi connectivity index (χ1v) is 5.29. The molecule has 1 unspecified atom stereocenters. The minimum Gasteiger partial charge on any atom is -0.508 e. The summed E-state index contributed by atoms with van der Waals surface area (Å²) in [4.78, 5) is -1.04. The summed E-state index contributed by atoms with van der Waals surface area (Å²) in [6.45, 7) is 0. The fraction of sp³-hybridized carbons (Fsp3) is 0.154. The molecular formula is C13H10ClNO. The molecule has 0 amide bonds. The van der Waals surface area contributed by atoms with Crippen LogP contribution in [0.2, 0.25) is 0 Å². The fourth-order valence-corrected chi connectivity index (χ4v) is 1.88. The van der Waals surface area contributed by atoms with E-state index >= 15 is 0 Å². The predicted octanol–water partition coefficient (Wildman–Crippen LogP) is 3.42. The zero-order chi connectivity index (χ0) is 11.6. The van der Waals surface area contributed by atoms with Crippen molar-refractivity contribution in [2.45, 2.75) is 11.3 Å². The summed E-state index contributed by atoms with van der Waals surface area (Å²) in [5.41, 5.74) is 1.60. The molecule has 80 valence electrons. The highest BCUT2D eigenvalue weighted by atomic mass is 35.5. The zero-order valence-electron chi connectivity index (χ0n) is 8.52. The molecule has 1 aliphatic rings. The lowest BCUT2D eigenvalue weighted by Crippen LogP contribution is -2.19. The summed E-state index contributed by atoms with van der Waals surface area (Å²) in [6.07, 6.45) is 3.33. The predicted molar refractivity (Wildman–Crippen MR) is 63.9 cm³/mol. The summed E-state index contributed by atoms with van der Waals surface area (Å²) in [5, 5.41) is 18.7. The smallest absolute Gasteiger partial charge is 0.153 e. The number of allylic oxidation sites excluding steroid dienone is 3. The second-order valence-electron chi connectivity index (χ2n) is 3.71. The van der Waals surface area contributed by atoms with Crippen LogP contribution in [0.3, 0.4) is 0 Å². The minimum absolute atomic E-state index is 0.178. The Kier molecular flexibility index (Phi) is 2.72. The number of rotatable bonds is 1. The van der Waals surface area contributed by atoms with Crippen LogP contribution in [0.5, 0.6) is 0 Å². The van der Waals surface area contributed by atoms with E-state index in [1.54, 1.807) is 0 Å². The topological polar surface area (TPSA) is 44.0 Å². The van der Waals surface area contributed by atoms with Crippen LogP contribution < -0.4 is 0 Å². The summed E-state index contributed by atoms with van der Waals surface area (Å²) < 4.78 is 0. The number of halogens is 1. The van der Waals surface area contributed by atoms with Gasteiger partial charge in [0.1, 0.15) is 5.76 Å². The van der Waals surface area contributed by atoms with E-state index in [0.717, 1.165) is 5.56 Å². The quantitative estimate of drug-likeness (QED) is 0.753. The third kappa shape index (κ3) is 1.95. The van der Waals surface area contributed by atoms with Gasteiger partial charge in [0.2, 0.25) is 0 Å². The second kappa shape index (κ2) is 4.03. The van der Waals surface area contributed by atoms with Gasteiger partial charge >= 0.3 is 0 Å². The van der Waals surface area contributed by atoms with Gasteiger partial charge in [0.05, 0.1) is 6.07 Å². The van der Waals surface area contributed by atoms with Gasteiger partial charge in [-0.25, -0.2) is 0 Å². The van der Waals surface area contributed by atoms with E-state index in [1.165, 1.54) is 12.2 Å². The third-order valence-corrected chi connectivity index (χ3v) is 2.90. The van der Waals surface area contributed by atoms with E-state index in [2.05, 4.69) is 0 Å². The molecule has 2 nitrogen and oxygen atoms in total. The van der Waals surface area contributed by atoms with Gasteiger partial charge in [-0.05, 0) is 17.7 Å². The van der Waals surface area contributed by atoms with Crippen molar-refractivity contribution in [2.75, 3.05) is 0 Å². The number of aliphatic hydroxyl groups is 1. The molecule has 0 saturated heterocycles.